The van der Waals surface area contributed by atoms with Crippen molar-refractivity contribution in [3.8, 4) is 0 Å². The molecule has 1 atom stereocenters. The van der Waals surface area contributed by atoms with Gasteiger partial charge in [0.25, 0.3) is 0 Å². The van der Waals surface area contributed by atoms with E-state index in [9.17, 15) is 0 Å². The van der Waals surface area contributed by atoms with Crippen LogP contribution < -0.4 is 0 Å². The van der Waals surface area contributed by atoms with E-state index in [2.05, 4.69) is 0 Å². The maximum Gasteiger partial charge on any atom is 1.00 e. The molecule has 1 heterocycles. The molecule has 0 fully saturated rings. The molecule has 0 aliphatic rings. The first-order valence-electron chi connectivity index (χ1n) is 2.21. The zero-order valence-corrected chi connectivity index (χ0v) is 6.58. The van der Waals surface area contributed by atoms with Gasteiger partial charge < -0.3 is 4.55 Å². The van der Waals surface area contributed by atoms with Crippen LogP contribution in [-0.2, 0) is 11.1 Å². The van der Waals surface area contributed by atoms with Crippen LogP contribution in [0.15, 0.2) is 22.9 Å². The standard InChI is InChI=1S/C4H4S.CH4O2S/c1-2-4-5-3-1;1-4(2)3/h1-4H;1H3,(H,2,3). The summed E-state index contributed by atoms with van der Waals surface area (Å²) in [5.41, 5.74) is 0. The summed E-state index contributed by atoms with van der Waals surface area (Å²) in [4.78, 5) is 0. The van der Waals surface area contributed by atoms with Crippen LogP contribution in [0, 0.1) is 0 Å². The Kier molecular flexibility index (Phi) is 5.81. The molecule has 0 aliphatic carbocycles. The van der Waals surface area contributed by atoms with E-state index in [4.69, 9.17) is 8.76 Å². The van der Waals surface area contributed by atoms with Crippen LogP contribution in [0.2, 0.25) is 0 Å². The molecule has 0 radical (unpaired) electrons. The molecule has 0 amide bonds. The molecule has 1 unspecified atom stereocenters. The van der Waals surface area contributed by atoms with Gasteiger partial charge in [-0.05, 0) is 17.0 Å². The predicted octanol–water partition coefficient (Wildman–Crippen LogP) is 1.36. The number of hydrogen-bond donors (Lipinski definition) is 0. The molecular weight excluding hydrogens is 156 g/mol. The lowest BCUT2D eigenvalue weighted by atomic mass is 10.7. The van der Waals surface area contributed by atoms with E-state index < -0.39 is 11.1 Å². The van der Waals surface area contributed by atoms with Gasteiger partial charge in [-0.25, -0.2) is 0 Å². The van der Waals surface area contributed by atoms with Crippen molar-refractivity contribution in [2.24, 2.45) is 0 Å². The van der Waals surface area contributed by atoms with Gasteiger partial charge in [-0.1, -0.05) is 23.2 Å². The van der Waals surface area contributed by atoms with Crippen molar-refractivity contribution < 1.29 is 10.2 Å². The lowest BCUT2D eigenvalue weighted by molar-refractivity contribution is 0.543. The molecular formula is C5H8O2S2. The van der Waals surface area contributed by atoms with Crippen LogP contribution in [0.1, 0.15) is 1.43 Å². The Labute approximate surface area is 62.3 Å². The highest BCUT2D eigenvalue weighted by Gasteiger charge is 1.58. The molecule has 0 aromatic carbocycles. The van der Waals surface area contributed by atoms with Crippen molar-refractivity contribution in [2.75, 3.05) is 6.26 Å². The molecule has 9 heavy (non-hydrogen) atoms. The Balaban J connectivity index is 0. The topological polar surface area (TPSA) is 40.1 Å². The molecule has 0 N–H and O–H groups in total. The molecule has 0 aliphatic heterocycles. The van der Waals surface area contributed by atoms with Gasteiger partial charge in [-0.15, -0.1) is 0 Å². The Morgan fingerprint density at radius 3 is 2.00 bits per heavy atom. The minimum absolute atomic E-state index is 0. The van der Waals surface area contributed by atoms with Crippen molar-refractivity contribution in [3.05, 3.63) is 22.9 Å². The predicted molar refractivity (Wildman–Crippen MR) is 40.3 cm³/mol. The van der Waals surface area contributed by atoms with Gasteiger partial charge >= 0.3 is 1.43 Å². The van der Waals surface area contributed by atoms with Crippen LogP contribution >= 0.6 is 11.3 Å². The van der Waals surface area contributed by atoms with Crippen molar-refractivity contribution in [3.63, 3.8) is 0 Å². The molecule has 0 saturated carbocycles. The molecule has 1 rings (SSSR count). The fourth-order valence-corrected chi connectivity index (χ4v) is 0.680. The molecule has 0 saturated heterocycles. The van der Waals surface area contributed by atoms with Gasteiger partial charge in [0, 0.05) is 0 Å². The summed E-state index contributed by atoms with van der Waals surface area (Å²) in [5, 5.41) is 4.08. The molecule has 1 aromatic heterocycles. The van der Waals surface area contributed by atoms with E-state index >= 15 is 0 Å². The first-order valence-corrected chi connectivity index (χ1v) is 4.64. The van der Waals surface area contributed by atoms with Crippen molar-refractivity contribution in [1.82, 2.24) is 0 Å². The van der Waals surface area contributed by atoms with Crippen LogP contribution in [0.3, 0.4) is 0 Å². The third kappa shape index (κ3) is 11.4. The first kappa shape index (κ1) is 8.81. The van der Waals surface area contributed by atoms with Crippen molar-refractivity contribution in [1.29, 1.82) is 0 Å². The Morgan fingerprint density at radius 2 is 1.89 bits per heavy atom. The molecule has 1 aromatic rings. The third-order valence-electron chi connectivity index (χ3n) is 0.425. The van der Waals surface area contributed by atoms with Crippen LogP contribution in [0.4, 0.5) is 0 Å². The lowest BCUT2D eigenvalue weighted by Gasteiger charge is -1.85. The fraction of sp³-hybridized carbons (Fsp3) is 0.200. The van der Waals surface area contributed by atoms with Crippen molar-refractivity contribution in [2.45, 2.75) is 0 Å². The summed E-state index contributed by atoms with van der Waals surface area (Å²) in [6, 6.07) is 4.04. The highest BCUT2D eigenvalue weighted by Crippen LogP contribution is 1.91. The van der Waals surface area contributed by atoms with Gasteiger partial charge in [-0.2, -0.15) is 11.3 Å². The van der Waals surface area contributed by atoms with Gasteiger partial charge in [0.05, 0.1) is 0 Å². The zero-order chi connectivity index (χ0) is 7.11. The summed E-state index contributed by atoms with van der Waals surface area (Å²) < 4.78 is 18.0. The summed E-state index contributed by atoms with van der Waals surface area (Å²) >= 11 is -0.148. The smallest absolute Gasteiger partial charge is 0.773 e. The lowest BCUT2D eigenvalue weighted by Crippen LogP contribution is -1.73. The van der Waals surface area contributed by atoms with E-state index in [1.165, 1.54) is 0 Å². The fourth-order valence-electron chi connectivity index (χ4n) is 0.227. The highest BCUT2D eigenvalue weighted by atomic mass is 32.2. The van der Waals surface area contributed by atoms with E-state index in [0.29, 0.717) is 0 Å². The molecule has 52 valence electrons. The van der Waals surface area contributed by atoms with Gasteiger partial charge in [-0.3, -0.25) is 4.21 Å². The largest absolute Gasteiger partial charge is 1.00 e. The monoisotopic (exact) mass is 164 g/mol. The normalized spacial score (nSPS) is 11.3. The molecule has 0 spiro atoms. The quantitative estimate of drug-likeness (QED) is 0.543. The summed E-state index contributed by atoms with van der Waals surface area (Å²) in [5.74, 6) is 0. The molecule has 4 heteroatoms. The summed E-state index contributed by atoms with van der Waals surface area (Å²) in [7, 11) is 0. The Morgan fingerprint density at radius 1 is 1.56 bits per heavy atom. The van der Waals surface area contributed by atoms with E-state index in [1.54, 1.807) is 11.3 Å². The number of hydrogen-bond acceptors (Lipinski definition) is 3. The maximum absolute atomic E-state index is 9.00. The highest BCUT2D eigenvalue weighted by molar-refractivity contribution is 7.78. The van der Waals surface area contributed by atoms with E-state index in [1.807, 2.05) is 22.9 Å². The second-order valence-electron chi connectivity index (χ2n) is 1.19. The summed E-state index contributed by atoms with van der Waals surface area (Å²) in [6.07, 6.45) is 1.08. The minimum atomic E-state index is -1.86. The van der Waals surface area contributed by atoms with Crippen LogP contribution in [0.25, 0.3) is 0 Å². The van der Waals surface area contributed by atoms with E-state index in [0.717, 1.165) is 6.26 Å². The van der Waals surface area contributed by atoms with E-state index in [-0.39, 0.29) is 1.43 Å². The van der Waals surface area contributed by atoms with Gasteiger partial charge in [0.15, 0.2) is 0 Å². The average molecular weight is 164 g/mol. The zero-order valence-electron chi connectivity index (χ0n) is 5.94. The minimum Gasteiger partial charge on any atom is -0.773 e. The van der Waals surface area contributed by atoms with Gasteiger partial charge in [0.2, 0.25) is 0 Å². The Bertz CT molecular complexity index is 131. The summed E-state index contributed by atoms with van der Waals surface area (Å²) in [6.45, 7) is 0. The average Bonchev–Trinajstić information content (AvgIpc) is 2.11. The maximum atomic E-state index is 9.00. The number of rotatable bonds is 0. The Hall–Kier alpha value is -0.190. The number of thiophene rings is 1. The van der Waals surface area contributed by atoms with Crippen LogP contribution in [0.5, 0.6) is 0 Å². The second kappa shape index (κ2) is 5.94. The second-order valence-corrected chi connectivity index (χ2v) is 2.81. The SMILES string of the molecule is CS(=O)[O-].[H+].c1ccsc1. The molecule has 0 bridgehead atoms. The van der Waals surface area contributed by atoms with Gasteiger partial charge in [0.1, 0.15) is 0 Å². The first-order chi connectivity index (χ1) is 4.23. The third-order valence-corrected chi connectivity index (χ3v) is 1.05. The van der Waals surface area contributed by atoms with Crippen molar-refractivity contribution >= 4 is 22.4 Å². The molecule has 2 nitrogen and oxygen atoms in total. The van der Waals surface area contributed by atoms with Crippen LogP contribution in [-0.4, -0.2) is 15.0 Å².